The topological polar surface area (TPSA) is 55.1 Å². The van der Waals surface area contributed by atoms with Crippen LogP contribution >= 0.6 is 0 Å². The average Bonchev–Trinajstić information content (AvgIpc) is 2.67. The number of amides is 1. The second-order valence-electron chi connectivity index (χ2n) is 5.83. The van der Waals surface area contributed by atoms with Gasteiger partial charge in [-0.1, -0.05) is 6.42 Å². The van der Waals surface area contributed by atoms with Crippen LogP contribution in [0.15, 0.2) is 0 Å². The summed E-state index contributed by atoms with van der Waals surface area (Å²) in [6.45, 7) is 0.592. The summed E-state index contributed by atoms with van der Waals surface area (Å²) in [6, 6.07) is 0.233. The highest BCUT2D eigenvalue weighted by molar-refractivity contribution is 5.79. The highest BCUT2D eigenvalue weighted by Crippen LogP contribution is 2.38. The Kier molecular flexibility index (Phi) is 4.20. The molecule has 2 aliphatic carbocycles. The third-order valence-corrected chi connectivity index (χ3v) is 4.16. The van der Waals surface area contributed by atoms with E-state index in [1.165, 1.54) is 0 Å². The van der Waals surface area contributed by atoms with E-state index >= 15 is 0 Å². The van der Waals surface area contributed by atoms with Gasteiger partial charge in [-0.3, -0.25) is 4.79 Å². The molecule has 3 N–H and O–H groups in total. The van der Waals surface area contributed by atoms with Crippen LogP contribution < -0.4 is 11.1 Å². The number of alkyl halides is 2. The van der Waals surface area contributed by atoms with Crippen LogP contribution in [-0.4, -0.2) is 24.4 Å². The lowest BCUT2D eigenvalue weighted by atomic mass is 9.86. The van der Waals surface area contributed by atoms with Gasteiger partial charge in [0, 0.05) is 31.3 Å². The summed E-state index contributed by atoms with van der Waals surface area (Å²) in [7, 11) is 0. The Morgan fingerprint density at radius 3 is 2.72 bits per heavy atom. The molecule has 104 valence electrons. The molecular weight excluding hydrogens is 238 g/mol. The van der Waals surface area contributed by atoms with Gasteiger partial charge < -0.3 is 11.1 Å². The molecule has 0 aromatic heterocycles. The molecule has 2 fully saturated rings. The maximum Gasteiger partial charge on any atom is 0.248 e. The number of hydrogen-bond donors (Lipinski definition) is 2. The smallest absolute Gasteiger partial charge is 0.248 e. The fourth-order valence-corrected chi connectivity index (χ4v) is 3.08. The summed E-state index contributed by atoms with van der Waals surface area (Å²) in [4.78, 5) is 11.8. The Morgan fingerprint density at radius 1 is 1.33 bits per heavy atom. The number of carbonyl (C=O) groups excluding carboxylic acids is 1. The van der Waals surface area contributed by atoms with Gasteiger partial charge in [0.15, 0.2) is 0 Å². The molecule has 18 heavy (non-hydrogen) atoms. The van der Waals surface area contributed by atoms with E-state index in [1.807, 2.05) is 0 Å². The Morgan fingerprint density at radius 2 is 2.11 bits per heavy atom. The van der Waals surface area contributed by atoms with Crippen molar-refractivity contribution in [2.75, 3.05) is 6.54 Å². The van der Waals surface area contributed by atoms with Crippen LogP contribution in [0.4, 0.5) is 8.78 Å². The third-order valence-electron chi connectivity index (χ3n) is 4.16. The molecule has 0 spiro atoms. The van der Waals surface area contributed by atoms with E-state index in [0.29, 0.717) is 18.9 Å². The van der Waals surface area contributed by atoms with Crippen LogP contribution in [0.5, 0.6) is 0 Å². The second-order valence-corrected chi connectivity index (χ2v) is 5.83. The highest BCUT2D eigenvalue weighted by atomic mass is 19.3. The van der Waals surface area contributed by atoms with Crippen LogP contribution in [0.1, 0.15) is 44.9 Å². The minimum atomic E-state index is -2.64. The summed E-state index contributed by atoms with van der Waals surface area (Å²) >= 11 is 0. The maximum atomic E-state index is 13.0. The van der Waals surface area contributed by atoms with Crippen molar-refractivity contribution in [1.82, 2.24) is 5.32 Å². The second kappa shape index (κ2) is 5.51. The van der Waals surface area contributed by atoms with Crippen LogP contribution in [0.2, 0.25) is 0 Å². The molecule has 3 nitrogen and oxygen atoms in total. The van der Waals surface area contributed by atoms with E-state index in [2.05, 4.69) is 5.32 Å². The van der Waals surface area contributed by atoms with Crippen LogP contribution in [0, 0.1) is 11.8 Å². The van der Waals surface area contributed by atoms with Crippen molar-refractivity contribution in [2.24, 2.45) is 17.6 Å². The largest absolute Gasteiger partial charge is 0.356 e. The quantitative estimate of drug-likeness (QED) is 0.816. The lowest BCUT2D eigenvalue weighted by Gasteiger charge is -2.27. The number of rotatable bonds is 3. The molecule has 5 heteroatoms. The molecule has 0 heterocycles. The SMILES string of the molecule is NC1CCCC(CNC(=O)C2CCC(F)(F)C2)C1. The van der Waals surface area contributed by atoms with E-state index in [-0.39, 0.29) is 24.8 Å². The van der Waals surface area contributed by atoms with Gasteiger partial charge in [0.25, 0.3) is 0 Å². The van der Waals surface area contributed by atoms with E-state index in [0.717, 1.165) is 25.7 Å². The van der Waals surface area contributed by atoms with E-state index in [1.54, 1.807) is 0 Å². The van der Waals surface area contributed by atoms with Gasteiger partial charge in [-0.15, -0.1) is 0 Å². The Bertz CT molecular complexity index is 309. The zero-order valence-electron chi connectivity index (χ0n) is 10.6. The summed E-state index contributed by atoms with van der Waals surface area (Å²) in [6.07, 6.45) is 4.03. The lowest BCUT2D eigenvalue weighted by Crippen LogP contribution is -2.37. The maximum absolute atomic E-state index is 13.0. The molecule has 0 aliphatic heterocycles. The molecule has 0 bridgehead atoms. The van der Waals surface area contributed by atoms with Crippen molar-refractivity contribution in [2.45, 2.75) is 56.9 Å². The fraction of sp³-hybridized carbons (Fsp3) is 0.923. The molecule has 0 aromatic rings. The predicted octanol–water partition coefficient (Wildman–Crippen LogP) is 2.06. The standard InChI is InChI=1S/C13H22F2N2O/c14-13(15)5-4-10(7-13)12(18)17-8-9-2-1-3-11(16)6-9/h9-11H,1-8,16H2,(H,17,18). The molecule has 3 unspecified atom stereocenters. The van der Waals surface area contributed by atoms with Gasteiger partial charge in [0.05, 0.1) is 0 Å². The summed E-state index contributed by atoms with van der Waals surface area (Å²) in [5, 5.41) is 2.82. The third kappa shape index (κ3) is 3.64. The normalized spacial score (nSPS) is 35.4. The first-order valence-corrected chi connectivity index (χ1v) is 6.87. The molecule has 0 saturated heterocycles. The average molecular weight is 260 g/mol. The number of halogens is 2. The van der Waals surface area contributed by atoms with Crippen molar-refractivity contribution >= 4 is 5.91 Å². The summed E-state index contributed by atoms with van der Waals surface area (Å²) in [5.74, 6) is -2.93. The Hall–Kier alpha value is -0.710. The highest BCUT2D eigenvalue weighted by Gasteiger charge is 2.42. The molecule has 2 saturated carbocycles. The van der Waals surface area contributed by atoms with E-state index in [4.69, 9.17) is 5.73 Å². The summed E-state index contributed by atoms with van der Waals surface area (Å²) in [5.41, 5.74) is 5.88. The monoisotopic (exact) mass is 260 g/mol. The number of hydrogen-bond acceptors (Lipinski definition) is 2. The number of carbonyl (C=O) groups is 1. The van der Waals surface area contributed by atoms with Crippen LogP contribution in [-0.2, 0) is 4.79 Å². The molecular formula is C13H22F2N2O. The first-order chi connectivity index (χ1) is 8.46. The number of nitrogens with two attached hydrogens (primary N) is 1. The first-order valence-electron chi connectivity index (χ1n) is 6.87. The van der Waals surface area contributed by atoms with Crippen molar-refractivity contribution in [1.29, 1.82) is 0 Å². The molecule has 2 aliphatic rings. The van der Waals surface area contributed by atoms with Gasteiger partial charge in [-0.2, -0.15) is 0 Å². The van der Waals surface area contributed by atoms with Crippen molar-refractivity contribution in [3.8, 4) is 0 Å². The van der Waals surface area contributed by atoms with Gasteiger partial charge in [-0.25, -0.2) is 8.78 Å². The Labute approximate surface area is 106 Å². The Balaban J connectivity index is 1.72. The van der Waals surface area contributed by atoms with Crippen molar-refractivity contribution in [3.05, 3.63) is 0 Å². The molecule has 0 radical (unpaired) electrons. The fourth-order valence-electron chi connectivity index (χ4n) is 3.08. The number of nitrogens with one attached hydrogen (secondary N) is 1. The lowest BCUT2D eigenvalue weighted by molar-refractivity contribution is -0.126. The molecule has 3 atom stereocenters. The van der Waals surface area contributed by atoms with E-state index < -0.39 is 11.8 Å². The van der Waals surface area contributed by atoms with Gasteiger partial charge in [0.2, 0.25) is 11.8 Å². The van der Waals surface area contributed by atoms with E-state index in [9.17, 15) is 13.6 Å². The van der Waals surface area contributed by atoms with Gasteiger partial charge in [-0.05, 0) is 31.6 Å². The van der Waals surface area contributed by atoms with Gasteiger partial charge >= 0.3 is 0 Å². The minimum absolute atomic E-state index is 0.153. The molecule has 2 rings (SSSR count). The van der Waals surface area contributed by atoms with Crippen molar-refractivity contribution < 1.29 is 13.6 Å². The minimum Gasteiger partial charge on any atom is -0.356 e. The zero-order valence-corrected chi connectivity index (χ0v) is 10.6. The van der Waals surface area contributed by atoms with Crippen molar-refractivity contribution in [3.63, 3.8) is 0 Å². The zero-order chi connectivity index (χ0) is 13.2. The van der Waals surface area contributed by atoms with Crippen LogP contribution in [0.25, 0.3) is 0 Å². The summed E-state index contributed by atoms with van der Waals surface area (Å²) < 4.78 is 26.0. The van der Waals surface area contributed by atoms with Gasteiger partial charge in [0.1, 0.15) is 0 Å². The molecule has 1 amide bonds. The molecule has 0 aromatic carbocycles. The van der Waals surface area contributed by atoms with Crippen LogP contribution in [0.3, 0.4) is 0 Å². The predicted molar refractivity (Wildman–Crippen MR) is 65.2 cm³/mol. The first kappa shape index (κ1) is 13.7.